The molecule has 140 valence electrons. The fraction of sp³-hybridized carbons (Fsp3) is 0.435. The van der Waals surface area contributed by atoms with Gasteiger partial charge in [-0.1, -0.05) is 37.6 Å². The van der Waals surface area contributed by atoms with E-state index < -0.39 is 5.82 Å². The molecule has 0 amide bonds. The second-order valence-electron chi connectivity index (χ2n) is 7.87. The number of nitrogens with zero attached hydrogens (tertiary/aromatic N) is 2. The topological polar surface area (TPSA) is 53.0 Å². The first kappa shape index (κ1) is 18.2. The van der Waals surface area contributed by atoms with Gasteiger partial charge in [0, 0.05) is 24.7 Å². The largest absolute Gasteiger partial charge is 0.326 e. The van der Waals surface area contributed by atoms with Crippen LogP contribution in [0.2, 0.25) is 0 Å². The molecule has 2 saturated heterocycles. The summed E-state index contributed by atoms with van der Waals surface area (Å²) in [7, 11) is 0. The van der Waals surface area contributed by atoms with Gasteiger partial charge in [-0.25, -0.2) is 4.39 Å². The van der Waals surface area contributed by atoms with Gasteiger partial charge in [0.1, 0.15) is 11.9 Å². The maximum atomic E-state index is 14.2. The molecule has 0 spiro atoms. The van der Waals surface area contributed by atoms with Crippen molar-refractivity contribution < 1.29 is 4.39 Å². The first-order chi connectivity index (χ1) is 13.1. The van der Waals surface area contributed by atoms with Crippen molar-refractivity contribution in [3.05, 3.63) is 58.9 Å². The number of fused-ring (bicyclic) bond motifs is 2. The van der Waals surface area contributed by atoms with Crippen LogP contribution in [0.5, 0.6) is 0 Å². The summed E-state index contributed by atoms with van der Waals surface area (Å²) >= 11 is 0. The summed E-state index contributed by atoms with van der Waals surface area (Å²) < 4.78 is 14.2. The van der Waals surface area contributed by atoms with Crippen molar-refractivity contribution in [1.82, 2.24) is 4.90 Å². The van der Waals surface area contributed by atoms with Crippen molar-refractivity contribution in [2.45, 2.75) is 63.7 Å². The maximum absolute atomic E-state index is 14.2. The van der Waals surface area contributed by atoms with E-state index in [9.17, 15) is 4.39 Å². The van der Waals surface area contributed by atoms with Crippen LogP contribution in [0.15, 0.2) is 36.4 Å². The van der Waals surface area contributed by atoms with Gasteiger partial charge < -0.3 is 5.73 Å². The van der Waals surface area contributed by atoms with Crippen LogP contribution in [0.3, 0.4) is 0 Å². The molecule has 4 heteroatoms. The predicted octanol–water partition coefficient (Wildman–Crippen LogP) is 4.38. The zero-order chi connectivity index (χ0) is 19.0. The third-order valence-electron chi connectivity index (χ3n) is 6.26. The fourth-order valence-electron chi connectivity index (χ4n) is 4.96. The highest BCUT2D eigenvalue weighted by Crippen LogP contribution is 2.39. The number of halogens is 1. The number of hydrogen-bond acceptors (Lipinski definition) is 3. The molecular formula is C23H26FN3. The van der Waals surface area contributed by atoms with Crippen molar-refractivity contribution in [1.29, 1.82) is 5.26 Å². The van der Waals surface area contributed by atoms with Crippen LogP contribution in [0.4, 0.5) is 4.39 Å². The number of rotatable bonds is 5. The highest BCUT2D eigenvalue weighted by molar-refractivity contribution is 5.69. The van der Waals surface area contributed by atoms with Crippen molar-refractivity contribution in [2.75, 3.05) is 0 Å². The normalized spacial score (nSPS) is 24.3. The molecule has 4 rings (SSSR count). The molecule has 2 aliphatic rings. The second kappa shape index (κ2) is 7.42. The van der Waals surface area contributed by atoms with Crippen molar-refractivity contribution in [2.24, 2.45) is 5.73 Å². The number of nitrogens with two attached hydrogens (primary N) is 1. The molecular weight excluding hydrogens is 337 g/mol. The summed E-state index contributed by atoms with van der Waals surface area (Å²) in [5.41, 5.74) is 11.0. The molecule has 0 aromatic heterocycles. The van der Waals surface area contributed by atoms with Crippen LogP contribution >= 0.6 is 0 Å². The van der Waals surface area contributed by atoms with Crippen molar-refractivity contribution in [3.8, 4) is 17.2 Å². The lowest BCUT2D eigenvalue weighted by Gasteiger charge is -2.25. The van der Waals surface area contributed by atoms with E-state index in [0.29, 0.717) is 18.1 Å². The molecule has 2 N–H and O–H groups in total. The third kappa shape index (κ3) is 3.26. The highest BCUT2D eigenvalue weighted by Gasteiger charge is 2.44. The molecule has 2 aromatic rings. The van der Waals surface area contributed by atoms with E-state index in [1.54, 1.807) is 6.07 Å². The minimum atomic E-state index is -0.452. The SMILES string of the molecule is CCCc1c(CN2[C@H]3CC[C@@H]2[C@H](N)C3)cccc1-c1ccc(C#N)c(F)c1. The molecule has 0 saturated carbocycles. The summed E-state index contributed by atoms with van der Waals surface area (Å²) in [5, 5.41) is 8.99. The first-order valence-corrected chi connectivity index (χ1v) is 9.94. The molecule has 0 aliphatic carbocycles. The molecule has 2 bridgehead atoms. The smallest absolute Gasteiger partial charge is 0.141 e. The quantitative estimate of drug-likeness (QED) is 0.858. The van der Waals surface area contributed by atoms with Gasteiger partial charge in [0.05, 0.1) is 5.56 Å². The van der Waals surface area contributed by atoms with E-state index in [1.807, 2.05) is 12.1 Å². The van der Waals surface area contributed by atoms with Gasteiger partial charge >= 0.3 is 0 Å². The van der Waals surface area contributed by atoms with Gasteiger partial charge in [-0.05, 0) is 60.1 Å². The second-order valence-corrected chi connectivity index (χ2v) is 7.87. The summed E-state index contributed by atoms with van der Waals surface area (Å²) in [6, 6.07) is 14.6. The molecule has 2 aromatic carbocycles. The van der Waals surface area contributed by atoms with Crippen LogP contribution < -0.4 is 5.73 Å². The van der Waals surface area contributed by atoms with Crippen molar-refractivity contribution in [3.63, 3.8) is 0 Å². The number of benzene rings is 2. The average Bonchev–Trinajstić information content (AvgIpc) is 3.18. The lowest BCUT2D eigenvalue weighted by Crippen LogP contribution is -2.36. The molecule has 0 unspecified atom stereocenters. The summed E-state index contributed by atoms with van der Waals surface area (Å²) in [6.07, 6.45) is 5.56. The van der Waals surface area contributed by atoms with Gasteiger partial charge in [0.25, 0.3) is 0 Å². The molecule has 2 aliphatic heterocycles. The standard InChI is InChI=1S/C23H26FN3/c1-2-4-19-17(14-27-18-9-10-23(27)22(26)12-18)5-3-6-20(19)15-7-8-16(13-25)21(24)11-15/h3,5-8,11,18,22-23H,2,4,9-10,12,14,26H2,1H3/t18-,22+,23+/m0/s1. The van der Waals surface area contributed by atoms with Crippen LogP contribution in [0, 0.1) is 17.1 Å². The molecule has 2 fully saturated rings. The zero-order valence-electron chi connectivity index (χ0n) is 15.8. The maximum Gasteiger partial charge on any atom is 0.141 e. The van der Waals surface area contributed by atoms with Crippen LogP contribution in [0.25, 0.3) is 11.1 Å². The van der Waals surface area contributed by atoms with E-state index in [4.69, 9.17) is 11.0 Å². The number of nitriles is 1. The molecule has 2 heterocycles. The Morgan fingerprint density at radius 1 is 1.26 bits per heavy atom. The van der Waals surface area contributed by atoms with E-state index in [-0.39, 0.29) is 5.56 Å². The third-order valence-corrected chi connectivity index (χ3v) is 6.26. The minimum absolute atomic E-state index is 0.0922. The lowest BCUT2D eigenvalue weighted by molar-refractivity contribution is 0.238. The molecule has 3 nitrogen and oxygen atoms in total. The molecule has 0 radical (unpaired) electrons. The van der Waals surface area contributed by atoms with Crippen LogP contribution in [-0.4, -0.2) is 23.0 Å². The van der Waals surface area contributed by atoms with Gasteiger partial charge in [-0.3, -0.25) is 4.90 Å². The van der Waals surface area contributed by atoms with E-state index in [2.05, 4.69) is 30.0 Å². The Hall–Kier alpha value is -2.22. The van der Waals surface area contributed by atoms with Crippen molar-refractivity contribution >= 4 is 0 Å². The van der Waals surface area contributed by atoms with Gasteiger partial charge in [-0.15, -0.1) is 0 Å². The van der Waals surface area contributed by atoms with Crippen LogP contribution in [-0.2, 0) is 13.0 Å². The Kier molecular flexibility index (Phi) is 4.99. The minimum Gasteiger partial charge on any atom is -0.326 e. The first-order valence-electron chi connectivity index (χ1n) is 9.94. The Morgan fingerprint density at radius 3 is 2.74 bits per heavy atom. The average molecular weight is 363 g/mol. The van der Waals surface area contributed by atoms with Gasteiger partial charge in [0.2, 0.25) is 0 Å². The van der Waals surface area contributed by atoms with E-state index in [0.717, 1.165) is 36.9 Å². The Morgan fingerprint density at radius 2 is 2.11 bits per heavy atom. The van der Waals surface area contributed by atoms with E-state index in [1.165, 1.54) is 30.0 Å². The fourth-order valence-corrected chi connectivity index (χ4v) is 4.96. The van der Waals surface area contributed by atoms with Crippen LogP contribution in [0.1, 0.15) is 49.3 Å². The Balaban J connectivity index is 1.70. The Labute approximate surface area is 160 Å². The van der Waals surface area contributed by atoms with E-state index >= 15 is 0 Å². The molecule has 27 heavy (non-hydrogen) atoms. The summed E-state index contributed by atoms with van der Waals surface area (Å²) in [4.78, 5) is 2.59. The highest BCUT2D eigenvalue weighted by atomic mass is 19.1. The van der Waals surface area contributed by atoms with Gasteiger partial charge in [0.15, 0.2) is 0 Å². The lowest BCUT2D eigenvalue weighted by atomic mass is 9.91. The van der Waals surface area contributed by atoms with Gasteiger partial charge in [-0.2, -0.15) is 5.26 Å². The summed E-state index contributed by atoms with van der Waals surface area (Å²) in [5.74, 6) is -0.452. The zero-order valence-corrected chi connectivity index (χ0v) is 15.8. The number of hydrogen-bond donors (Lipinski definition) is 1. The Bertz CT molecular complexity index is 886. The summed E-state index contributed by atoms with van der Waals surface area (Å²) in [6.45, 7) is 3.10. The monoisotopic (exact) mass is 363 g/mol. The predicted molar refractivity (Wildman–Crippen MR) is 105 cm³/mol. The molecule has 3 atom stereocenters.